The van der Waals surface area contributed by atoms with E-state index < -0.39 is 6.09 Å². The zero-order valence-electron chi connectivity index (χ0n) is 24.3. The molecule has 1 aliphatic carbocycles. The summed E-state index contributed by atoms with van der Waals surface area (Å²) in [5.74, 6) is 1.88. The fraction of sp³-hybridized carbons (Fsp3) is 0.375. The molecule has 1 saturated carbocycles. The van der Waals surface area contributed by atoms with Gasteiger partial charge in [0.2, 0.25) is 5.91 Å². The Morgan fingerprint density at radius 1 is 1.00 bits per heavy atom. The Labute approximate surface area is 254 Å². The molecule has 12 heteroatoms. The predicted octanol–water partition coefficient (Wildman–Crippen LogP) is 4.05. The second-order valence-electron chi connectivity index (χ2n) is 11.7. The molecule has 12 nitrogen and oxygen atoms in total. The maximum atomic E-state index is 13.2. The Bertz CT molecular complexity index is 1730. The lowest BCUT2D eigenvalue weighted by molar-refractivity contribution is -0.133. The summed E-state index contributed by atoms with van der Waals surface area (Å²) >= 11 is 0. The van der Waals surface area contributed by atoms with Crippen LogP contribution in [0.5, 0.6) is 0 Å². The van der Waals surface area contributed by atoms with Crippen LogP contribution in [-0.4, -0.2) is 79.8 Å². The van der Waals surface area contributed by atoms with Crippen molar-refractivity contribution in [2.24, 2.45) is 0 Å². The van der Waals surface area contributed by atoms with Crippen LogP contribution in [-0.2, 0) is 9.53 Å². The van der Waals surface area contributed by atoms with Crippen LogP contribution in [0.1, 0.15) is 65.7 Å². The van der Waals surface area contributed by atoms with Crippen LogP contribution < -0.4 is 11.1 Å². The van der Waals surface area contributed by atoms with Crippen molar-refractivity contribution >= 4 is 35.1 Å². The Kier molecular flexibility index (Phi) is 7.32. The van der Waals surface area contributed by atoms with Gasteiger partial charge < -0.3 is 20.7 Å². The van der Waals surface area contributed by atoms with E-state index in [4.69, 9.17) is 15.5 Å². The molecule has 0 radical (unpaired) electrons. The number of hydrogen-bond donors (Lipinski definition) is 2. The largest absolute Gasteiger partial charge is 0.449 e. The maximum Gasteiger partial charge on any atom is 0.410 e. The molecule has 2 aliphatic heterocycles. The summed E-state index contributed by atoms with van der Waals surface area (Å²) in [6, 6.07) is 11.2. The van der Waals surface area contributed by atoms with Gasteiger partial charge in [-0.15, -0.1) is 0 Å². The molecule has 226 valence electrons. The molecule has 2 saturated heterocycles. The Morgan fingerprint density at radius 3 is 2.64 bits per heavy atom. The fourth-order valence-electron chi connectivity index (χ4n) is 6.15. The SMILES string of the molecule is Nc1nccn2c(C3CCCN(C(=O)CN4CCCOC4=O)C3)nc(-c3ccc(C(=O)Nc4cc(C5CC5)ccn4)cc3)c12. The normalized spacial score (nSPS) is 18.7. The van der Waals surface area contributed by atoms with Gasteiger partial charge in [0.1, 0.15) is 35.2 Å². The Hall–Kier alpha value is -5.00. The highest BCUT2D eigenvalue weighted by molar-refractivity contribution is 6.04. The number of cyclic esters (lactones) is 1. The first kappa shape index (κ1) is 27.8. The molecule has 1 aromatic carbocycles. The second-order valence-corrected chi connectivity index (χ2v) is 11.7. The number of piperidine rings is 1. The first-order chi connectivity index (χ1) is 21.4. The highest BCUT2D eigenvalue weighted by atomic mass is 16.6. The fourth-order valence-corrected chi connectivity index (χ4v) is 6.15. The monoisotopic (exact) mass is 594 g/mol. The van der Waals surface area contributed by atoms with Gasteiger partial charge in [-0.2, -0.15) is 0 Å². The maximum absolute atomic E-state index is 13.2. The molecular formula is C32H34N8O4. The molecule has 4 aromatic rings. The van der Waals surface area contributed by atoms with E-state index >= 15 is 0 Å². The number of aromatic nitrogens is 4. The van der Waals surface area contributed by atoms with E-state index in [-0.39, 0.29) is 24.3 Å². The van der Waals surface area contributed by atoms with Crippen LogP contribution in [0.2, 0.25) is 0 Å². The number of carbonyl (C=O) groups excluding carboxylic acids is 3. The quantitative estimate of drug-likeness (QED) is 0.326. The first-order valence-electron chi connectivity index (χ1n) is 15.1. The Morgan fingerprint density at radius 2 is 1.84 bits per heavy atom. The number of fused-ring (bicyclic) bond motifs is 1. The number of benzene rings is 1. The van der Waals surface area contributed by atoms with E-state index in [1.807, 2.05) is 39.8 Å². The molecule has 3 aliphatic rings. The molecular weight excluding hydrogens is 560 g/mol. The minimum absolute atomic E-state index is 0.0118. The molecule has 3 aromatic heterocycles. The number of nitrogen functional groups attached to an aromatic ring is 1. The van der Waals surface area contributed by atoms with Crippen molar-refractivity contribution < 1.29 is 19.1 Å². The number of rotatable bonds is 7. The number of imidazole rings is 1. The summed E-state index contributed by atoms with van der Waals surface area (Å²) in [7, 11) is 0. The number of likely N-dealkylation sites (tertiary alicyclic amines) is 1. The number of pyridine rings is 1. The van der Waals surface area contributed by atoms with Crippen LogP contribution in [0, 0.1) is 0 Å². The third kappa shape index (κ3) is 5.54. The lowest BCUT2D eigenvalue weighted by Crippen LogP contribution is -2.48. The van der Waals surface area contributed by atoms with Gasteiger partial charge in [-0.1, -0.05) is 12.1 Å². The van der Waals surface area contributed by atoms with Gasteiger partial charge in [0, 0.05) is 55.3 Å². The van der Waals surface area contributed by atoms with Gasteiger partial charge in [-0.3, -0.25) is 18.9 Å². The first-order valence-corrected chi connectivity index (χ1v) is 15.1. The third-order valence-electron chi connectivity index (χ3n) is 8.63. The predicted molar refractivity (Wildman–Crippen MR) is 163 cm³/mol. The summed E-state index contributed by atoms with van der Waals surface area (Å²) in [4.78, 5) is 55.2. The number of ether oxygens (including phenoxy) is 1. The van der Waals surface area contributed by atoms with Crippen LogP contribution in [0.3, 0.4) is 0 Å². The van der Waals surface area contributed by atoms with Crippen molar-refractivity contribution in [3.05, 3.63) is 71.9 Å². The van der Waals surface area contributed by atoms with Crippen molar-refractivity contribution in [2.75, 3.05) is 43.8 Å². The van der Waals surface area contributed by atoms with Crippen molar-refractivity contribution in [1.29, 1.82) is 0 Å². The summed E-state index contributed by atoms with van der Waals surface area (Å²) in [5, 5.41) is 2.91. The minimum atomic E-state index is -0.437. The average molecular weight is 595 g/mol. The molecule has 1 unspecified atom stereocenters. The Balaban J connectivity index is 1.11. The summed E-state index contributed by atoms with van der Waals surface area (Å²) in [6.07, 6.45) is 9.52. The lowest BCUT2D eigenvalue weighted by Gasteiger charge is -2.34. The number of nitrogens with zero attached hydrogens (tertiary/aromatic N) is 6. The van der Waals surface area contributed by atoms with Gasteiger partial charge in [0.05, 0.1) is 6.61 Å². The second kappa shape index (κ2) is 11.6. The smallest absolute Gasteiger partial charge is 0.410 e. The van der Waals surface area contributed by atoms with Crippen LogP contribution in [0.25, 0.3) is 16.8 Å². The van der Waals surface area contributed by atoms with Crippen LogP contribution >= 0.6 is 0 Å². The molecule has 3 fully saturated rings. The molecule has 0 spiro atoms. The number of amides is 3. The summed E-state index contributed by atoms with van der Waals surface area (Å²) < 4.78 is 7.05. The topological polar surface area (TPSA) is 148 Å². The van der Waals surface area contributed by atoms with E-state index in [2.05, 4.69) is 15.3 Å². The third-order valence-corrected chi connectivity index (χ3v) is 8.63. The summed E-state index contributed by atoms with van der Waals surface area (Å²) in [6.45, 7) is 2.04. The van der Waals surface area contributed by atoms with Crippen molar-refractivity contribution in [3.8, 4) is 11.3 Å². The number of carbonyl (C=O) groups is 3. The van der Waals surface area contributed by atoms with Gasteiger partial charge in [0.25, 0.3) is 5.91 Å². The average Bonchev–Trinajstić information content (AvgIpc) is 3.83. The molecule has 44 heavy (non-hydrogen) atoms. The standard InChI is InChI=1S/C32H34N8O4/c33-29-28-27(21-6-8-22(9-7-21)31(42)36-25-17-23(10-11-34-25)20-4-5-20)37-30(40(28)15-12-35-29)24-3-1-13-38(18-24)26(41)19-39-14-2-16-44-32(39)43/h6-12,15,17,20,24H,1-5,13-14,16,18-19H2,(H2,33,35)(H,34,36,42). The van der Waals surface area contributed by atoms with E-state index in [9.17, 15) is 14.4 Å². The van der Waals surface area contributed by atoms with Gasteiger partial charge in [0.15, 0.2) is 0 Å². The van der Waals surface area contributed by atoms with E-state index in [1.54, 1.807) is 24.5 Å². The van der Waals surface area contributed by atoms with Crippen molar-refractivity contribution in [2.45, 2.75) is 43.9 Å². The molecule has 3 N–H and O–H groups in total. The number of nitrogens with one attached hydrogen (secondary N) is 1. The summed E-state index contributed by atoms with van der Waals surface area (Å²) in [5.41, 5.74) is 10.2. The highest BCUT2D eigenvalue weighted by Gasteiger charge is 2.31. The number of nitrogens with two attached hydrogens (primary N) is 1. The minimum Gasteiger partial charge on any atom is -0.449 e. The molecule has 1 atom stereocenters. The molecule has 7 rings (SSSR count). The van der Waals surface area contributed by atoms with E-state index in [1.165, 1.54) is 23.3 Å². The highest BCUT2D eigenvalue weighted by Crippen LogP contribution is 2.40. The van der Waals surface area contributed by atoms with Gasteiger partial charge in [-0.25, -0.2) is 19.7 Å². The number of anilines is 2. The number of hydrogen-bond acceptors (Lipinski definition) is 8. The zero-order chi connectivity index (χ0) is 30.2. The van der Waals surface area contributed by atoms with Gasteiger partial charge in [-0.05, 0) is 67.9 Å². The van der Waals surface area contributed by atoms with E-state index in [0.29, 0.717) is 60.6 Å². The molecule has 5 heterocycles. The van der Waals surface area contributed by atoms with Crippen LogP contribution in [0.15, 0.2) is 55.0 Å². The zero-order valence-corrected chi connectivity index (χ0v) is 24.3. The lowest BCUT2D eigenvalue weighted by atomic mass is 9.97. The van der Waals surface area contributed by atoms with Crippen molar-refractivity contribution in [1.82, 2.24) is 29.2 Å². The van der Waals surface area contributed by atoms with Gasteiger partial charge >= 0.3 is 6.09 Å². The van der Waals surface area contributed by atoms with Crippen LogP contribution in [0.4, 0.5) is 16.4 Å². The molecule has 0 bridgehead atoms. The molecule has 3 amide bonds. The van der Waals surface area contributed by atoms with E-state index in [0.717, 1.165) is 30.7 Å². The van der Waals surface area contributed by atoms with Crippen molar-refractivity contribution in [3.63, 3.8) is 0 Å².